The minimum Gasteiger partial charge on any atom is -0.478 e. The van der Waals surface area contributed by atoms with E-state index in [1.165, 1.54) is 6.92 Å². The van der Waals surface area contributed by atoms with Gasteiger partial charge in [0.2, 0.25) is 11.8 Å². The lowest BCUT2D eigenvalue weighted by atomic mass is 9.80. The van der Waals surface area contributed by atoms with Crippen LogP contribution in [-0.2, 0) is 14.4 Å². The van der Waals surface area contributed by atoms with Crippen LogP contribution in [0.3, 0.4) is 0 Å². The summed E-state index contributed by atoms with van der Waals surface area (Å²) < 4.78 is 0. The van der Waals surface area contributed by atoms with Gasteiger partial charge in [-0.25, -0.2) is 4.79 Å². The number of carboxylic acids is 1. The molecular formula is C34H49N3O4. The van der Waals surface area contributed by atoms with Gasteiger partial charge in [-0.05, 0) is 49.3 Å². The molecule has 0 saturated heterocycles. The molecule has 1 aliphatic rings. The van der Waals surface area contributed by atoms with E-state index in [0.29, 0.717) is 6.42 Å². The minimum atomic E-state index is -1.02. The van der Waals surface area contributed by atoms with E-state index in [1.54, 1.807) is 25.1 Å². The standard InChI is InChI=1S/C34H49N3O4/c1-10-34(6,7)30(32(39)37(9)28(22(2)3)20-23(4)33(40)41)36-31(38)29(35-8)24(5)26-18-14-15-19-27(21-26)25-16-12-11-13-17-25/h11-17,19-22,24,28-30,35H,10,18H2,1-9H3,(H,36,38)(H,40,41)/b23-20+/t24?,28-,29-,30?/m1/s1. The summed E-state index contributed by atoms with van der Waals surface area (Å²) in [5.41, 5.74) is 2.95. The average Bonchev–Trinajstić information content (AvgIpc) is 3.20. The summed E-state index contributed by atoms with van der Waals surface area (Å²) >= 11 is 0. The van der Waals surface area contributed by atoms with Crippen molar-refractivity contribution >= 4 is 23.4 Å². The molecule has 1 aromatic rings. The number of benzene rings is 1. The van der Waals surface area contributed by atoms with Gasteiger partial charge in [0.15, 0.2) is 0 Å². The number of hydrogen-bond donors (Lipinski definition) is 3. The first-order valence-corrected chi connectivity index (χ1v) is 14.5. The molecule has 7 heteroatoms. The number of nitrogens with one attached hydrogen (secondary N) is 2. The van der Waals surface area contributed by atoms with Crippen molar-refractivity contribution in [2.24, 2.45) is 17.3 Å². The third kappa shape index (κ3) is 8.77. The van der Waals surface area contributed by atoms with Gasteiger partial charge in [0.25, 0.3) is 0 Å². The van der Waals surface area contributed by atoms with Crippen molar-refractivity contribution in [3.05, 3.63) is 77.4 Å². The van der Waals surface area contributed by atoms with Crippen LogP contribution in [0.1, 0.15) is 66.9 Å². The Kier molecular flexibility index (Phi) is 12.3. The number of amides is 2. The summed E-state index contributed by atoms with van der Waals surface area (Å²) in [5.74, 6) is -1.67. The first-order chi connectivity index (χ1) is 19.2. The van der Waals surface area contributed by atoms with E-state index in [9.17, 15) is 19.5 Å². The van der Waals surface area contributed by atoms with Crippen molar-refractivity contribution in [2.45, 2.75) is 79.4 Å². The number of likely N-dealkylation sites (N-methyl/N-ethyl adjacent to an activating group) is 2. The fourth-order valence-corrected chi connectivity index (χ4v) is 5.09. The monoisotopic (exact) mass is 563 g/mol. The van der Waals surface area contributed by atoms with E-state index in [0.717, 1.165) is 23.1 Å². The molecule has 0 spiro atoms. The molecule has 41 heavy (non-hydrogen) atoms. The van der Waals surface area contributed by atoms with Gasteiger partial charge in [0.1, 0.15) is 6.04 Å². The molecule has 224 valence electrons. The van der Waals surface area contributed by atoms with Crippen molar-refractivity contribution in [1.82, 2.24) is 15.5 Å². The molecule has 2 rings (SSSR count). The number of nitrogens with zero attached hydrogens (tertiary/aromatic N) is 1. The van der Waals surface area contributed by atoms with E-state index >= 15 is 0 Å². The number of carbonyl (C=O) groups excluding carboxylic acids is 2. The number of carboxylic acid groups (broad SMARTS) is 1. The summed E-state index contributed by atoms with van der Waals surface area (Å²) in [5, 5.41) is 15.7. The Balaban J connectivity index is 2.37. The van der Waals surface area contributed by atoms with Crippen LogP contribution in [0.2, 0.25) is 0 Å². The van der Waals surface area contributed by atoms with Crippen molar-refractivity contribution in [1.29, 1.82) is 0 Å². The average molecular weight is 564 g/mol. The minimum absolute atomic E-state index is 0.0217. The predicted molar refractivity (Wildman–Crippen MR) is 167 cm³/mol. The molecule has 0 heterocycles. The normalized spacial score (nSPS) is 17.1. The highest BCUT2D eigenvalue weighted by molar-refractivity contribution is 5.91. The number of carbonyl (C=O) groups is 3. The van der Waals surface area contributed by atoms with Gasteiger partial charge in [-0.3, -0.25) is 9.59 Å². The second kappa shape index (κ2) is 15.0. The summed E-state index contributed by atoms with van der Waals surface area (Å²) in [4.78, 5) is 41.0. The molecular weight excluding hydrogens is 514 g/mol. The SMILES string of the molecule is CCC(C)(C)C(NC(=O)[C@H](NC)C(C)C1=CC(c2ccccc2)=CC=CC1)C(=O)N(C)[C@H](/C=C(\C)C(=O)O)C(C)C. The van der Waals surface area contributed by atoms with Crippen LogP contribution >= 0.6 is 0 Å². The van der Waals surface area contributed by atoms with Crippen LogP contribution in [-0.4, -0.2) is 60.0 Å². The van der Waals surface area contributed by atoms with Gasteiger partial charge in [-0.15, -0.1) is 0 Å². The van der Waals surface area contributed by atoms with Gasteiger partial charge < -0.3 is 20.6 Å². The maximum Gasteiger partial charge on any atom is 0.331 e. The first kappa shape index (κ1) is 33.8. The number of allylic oxidation sites excluding steroid dienone is 5. The number of rotatable bonds is 13. The predicted octanol–water partition coefficient (Wildman–Crippen LogP) is 5.62. The highest BCUT2D eigenvalue weighted by Gasteiger charge is 2.40. The van der Waals surface area contributed by atoms with Gasteiger partial charge in [0, 0.05) is 18.5 Å². The summed E-state index contributed by atoms with van der Waals surface area (Å²) in [6.07, 6.45) is 11.4. The lowest BCUT2D eigenvalue weighted by Crippen LogP contribution is -2.60. The van der Waals surface area contributed by atoms with Gasteiger partial charge in [0.05, 0.1) is 12.1 Å². The lowest BCUT2D eigenvalue weighted by Gasteiger charge is -2.39. The molecule has 0 aliphatic heterocycles. The zero-order valence-electron chi connectivity index (χ0n) is 26.2. The smallest absolute Gasteiger partial charge is 0.331 e. The highest BCUT2D eigenvalue weighted by atomic mass is 16.4. The van der Waals surface area contributed by atoms with E-state index in [4.69, 9.17) is 0 Å². The molecule has 0 aromatic heterocycles. The van der Waals surface area contributed by atoms with Crippen LogP contribution in [0.4, 0.5) is 0 Å². The molecule has 2 amide bonds. The van der Waals surface area contributed by atoms with Crippen molar-refractivity contribution in [2.75, 3.05) is 14.1 Å². The van der Waals surface area contributed by atoms with Crippen LogP contribution in [0.25, 0.3) is 5.57 Å². The largest absolute Gasteiger partial charge is 0.478 e. The maximum absolute atomic E-state index is 14.0. The third-order valence-corrected chi connectivity index (χ3v) is 8.35. The Bertz CT molecular complexity index is 1190. The van der Waals surface area contributed by atoms with Gasteiger partial charge in [-0.1, -0.05) is 108 Å². The molecule has 2 unspecified atom stereocenters. The topological polar surface area (TPSA) is 98.7 Å². The zero-order chi connectivity index (χ0) is 30.9. The lowest BCUT2D eigenvalue weighted by molar-refractivity contribution is -0.141. The molecule has 4 atom stereocenters. The summed E-state index contributed by atoms with van der Waals surface area (Å²) in [6.45, 7) is 13.4. The summed E-state index contributed by atoms with van der Waals surface area (Å²) in [6, 6.07) is 8.37. The Labute approximate surface area is 246 Å². The Morgan fingerprint density at radius 2 is 1.76 bits per heavy atom. The first-order valence-electron chi connectivity index (χ1n) is 14.5. The fraction of sp³-hybridized carbons (Fsp3) is 0.500. The zero-order valence-corrected chi connectivity index (χ0v) is 26.2. The van der Waals surface area contributed by atoms with Crippen LogP contribution in [0.5, 0.6) is 0 Å². The van der Waals surface area contributed by atoms with Crippen LogP contribution in [0.15, 0.2) is 71.9 Å². The number of hydrogen-bond acceptors (Lipinski definition) is 4. The van der Waals surface area contributed by atoms with Crippen molar-refractivity contribution < 1.29 is 19.5 Å². The molecule has 0 radical (unpaired) electrons. The molecule has 1 aromatic carbocycles. The van der Waals surface area contributed by atoms with E-state index in [1.807, 2.05) is 65.8 Å². The van der Waals surface area contributed by atoms with Crippen molar-refractivity contribution in [3.63, 3.8) is 0 Å². The fourth-order valence-electron chi connectivity index (χ4n) is 5.09. The molecule has 0 saturated carbocycles. The molecule has 7 nitrogen and oxygen atoms in total. The quantitative estimate of drug-likeness (QED) is 0.271. The van der Waals surface area contributed by atoms with Crippen LogP contribution < -0.4 is 10.6 Å². The Hall–Kier alpha value is -3.45. The molecule has 0 fully saturated rings. The Morgan fingerprint density at radius 1 is 1.12 bits per heavy atom. The van der Waals surface area contributed by atoms with E-state index in [-0.39, 0.29) is 29.2 Å². The third-order valence-electron chi connectivity index (χ3n) is 8.35. The summed E-state index contributed by atoms with van der Waals surface area (Å²) in [7, 11) is 3.45. The molecule has 1 aliphatic carbocycles. The molecule has 0 bridgehead atoms. The maximum atomic E-state index is 14.0. The highest BCUT2D eigenvalue weighted by Crippen LogP contribution is 2.30. The van der Waals surface area contributed by atoms with Gasteiger partial charge in [-0.2, -0.15) is 0 Å². The Morgan fingerprint density at radius 3 is 2.29 bits per heavy atom. The van der Waals surface area contributed by atoms with Gasteiger partial charge >= 0.3 is 5.97 Å². The number of aliphatic carboxylic acids is 1. The molecule has 3 N–H and O–H groups in total. The second-order valence-corrected chi connectivity index (χ2v) is 12.0. The second-order valence-electron chi connectivity index (χ2n) is 12.0. The van der Waals surface area contributed by atoms with Crippen molar-refractivity contribution in [3.8, 4) is 0 Å². The van der Waals surface area contributed by atoms with E-state index < -0.39 is 29.5 Å². The van der Waals surface area contributed by atoms with E-state index in [2.05, 4.69) is 41.0 Å². The van der Waals surface area contributed by atoms with Crippen LogP contribution in [0, 0.1) is 17.3 Å².